The molecule has 136 valence electrons. The van der Waals surface area contributed by atoms with Gasteiger partial charge in [0.15, 0.2) is 0 Å². The van der Waals surface area contributed by atoms with Crippen LogP contribution in [0.1, 0.15) is 39.2 Å². The summed E-state index contributed by atoms with van der Waals surface area (Å²) in [7, 11) is 0. The van der Waals surface area contributed by atoms with Crippen molar-refractivity contribution in [1.29, 1.82) is 0 Å². The number of nitrogens with one attached hydrogen (secondary N) is 3. The maximum absolute atomic E-state index is 11.9. The lowest BCUT2D eigenvalue weighted by atomic mass is 10.2. The molecule has 7 nitrogen and oxygen atoms in total. The second kappa shape index (κ2) is 9.78. The Kier molecular flexibility index (Phi) is 8.07. The van der Waals surface area contributed by atoms with Gasteiger partial charge >= 0.3 is 11.8 Å². The Morgan fingerprint density at radius 1 is 1.24 bits per heavy atom. The van der Waals surface area contributed by atoms with Crippen LogP contribution < -0.4 is 16.1 Å². The van der Waals surface area contributed by atoms with Crippen molar-refractivity contribution in [1.82, 2.24) is 10.7 Å². The van der Waals surface area contributed by atoms with Crippen molar-refractivity contribution in [2.45, 2.75) is 46.6 Å². The molecule has 25 heavy (non-hydrogen) atoms. The third-order valence-corrected chi connectivity index (χ3v) is 3.92. The number of hydrogen-bond donors (Lipinski definition) is 3. The van der Waals surface area contributed by atoms with Crippen molar-refractivity contribution in [2.24, 2.45) is 5.10 Å². The molecule has 0 aromatic heterocycles. The number of rotatable bonds is 6. The van der Waals surface area contributed by atoms with Gasteiger partial charge in [0.2, 0.25) is 5.91 Å². The highest BCUT2D eigenvalue weighted by Gasteiger charge is 2.15. The van der Waals surface area contributed by atoms with Gasteiger partial charge in [-0.1, -0.05) is 24.6 Å². The molecular weight excluding hydrogens is 344 g/mol. The minimum absolute atomic E-state index is 0.0413. The average Bonchev–Trinajstić information content (AvgIpc) is 2.56. The molecule has 0 unspecified atom stereocenters. The van der Waals surface area contributed by atoms with Crippen LogP contribution >= 0.6 is 11.6 Å². The number of amides is 3. The Hall–Kier alpha value is -2.41. The fraction of sp³-hybridized carbons (Fsp3) is 0.412. The number of anilines is 1. The van der Waals surface area contributed by atoms with Crippen LogP contribution in [0.2, 0.25) is 5.02 Å². The van der Waals surface area contributed by atoms with Gasteiger partial charge in [0.1, 0.15) is 0 Å². The van der Waals surface area contributed by atoms with Crippen molar-refractivity contribution in [3.8, 4) is 0 Å². The van der Waals surface area contributed by atoms with Crippen LogP contribution in [0.5, 0.6) is 0 Å². The van der Waals surface area contributed by atoms with Gasteiger partial charge in [0.25, 0.3) is 0 Å². The topological polar surface area (TPSA) is 99.7 Å². The van der Waals surface area contributed by atoms with Crippen LogP contribution in [0, 0.1) is 6.92 Å². The Morgan fingerprint density at radius 2 is 1.92 bits per heavy atom. The lowest BCUT2D eigenvalue weighted by Crippen LogP contribution is -2.35. The van der Waals surface area contributed by atoms with E-state index in [0.717, 1.165) is 6.42 Å². The first kappa shape index (κ1) is 20.6. The van der Waals surface area contributed by atoms with Gasteiger partial charge in [-0.25, -0.2) is 5.43 Å². The molecule has 1 aromatic rings. The zero-order valence-corrected chi connectivity index (χ0v) is 15.5. The summed E-state index contributed by atoms with van der Waals surface area (Å²) in [4.78, 5) is 35.4. The van der Waals surface area contributed by atoms with E-state index in [1.54, 1.807) is 32.0 Å². The van der Waals surface area contributed by atoms with Gasteiger partial charge < -0.3 is 10.6 Å². The average molecular weight is 367 g/mol. The number of hydrazone groups is 1. The van der Waals surface area contributed by atoms with Crippen molar-refractivity contribution < 1.29 is 14.4 Å². The molecule has 0 fully saturated rings. The Morgan fingerprint density at radius 3 is 2.56 bits per heavy atom. The number of carbonyl (C=O) groups excluding carboxylic acids is 3. The van der Waals surface area contributed by atoms with Crippen LogP contribution in [0.4, 0.5) is 5.69 Å². The molecule has 0 aliphatic heterocycles. The largest absolute Gasteiger partial charge is 0.353 e. The minimum Gasteiger partial charge on any atom is -0.353 e. The molecule has 0 saturated heterocycles. The van der Waals surface area contributed by atoms with Crippen molar-refractivity contribution in [3.05, 3.63) is 28.8 Å². The summed E-state index contributed by atoms with van der Waals surface area (Å²) in [5, 5.41) is 9.51. The van der Waals surface area contributed by atoms with E-state index < -0.39 is 11.8 Å². The first-order chi connectivity index (χ1) is 11.7. The van der Waals surface area contributed by atoms with Crippen LogP contribution in [0.25, 0.3) is 0 Å². The quantitative estimate of drug-likeness (QED) is 0.409. The molecule has 1 rings (SSSR count). The maximum atomic E-state index is 11.9. The Bertz CT molecular complexity index is 688. The van der Waals surface area contributed by atoms with E-state index in [4.69, 9.17) is 11.6 Å². The number of benzene rings is 1. The number of carbonyl (C=O) groups is 3. The van der Waals surface area contributed by atoms with E-state index >= 15 is 0 Å². The van der Waals surface area contributed by atoms with Crippen LogP contribution in [-0.4, -0.2) is 29.5 Å². The molecule has 0 spiro atoms. The summed E-state index contributed by atoms with van der Waals surface area (Å²) < 4.78 is 0. The van der Waals surface area contributed by atoms with E-state index in [-0.39, 0.29) is 18.4 Å². The highest BCUT2D eigenvalue weighted by molar-refractivity contribution is 6.40. The molecule has 1 aromatic carbocycles. The molecule has 0 radical (unpaired) electrons. The molecule has 0 aliphatic carbocycles. The molecule has 0 bridgehead atoms. The fourth-order valence-electron chi connectivity index (χ4n) is 1.82. The summed E-state index contributed by atoms with van der Waals surface area (Å²) in [5.41, 5.74) is 3.63. The molecule has 0 saturated carbocycles. The van der Waals surface area contributed by atoms with Gasteiger partial charge in [0, 0.05) is 22.5 Å². The van der Waals surface area contributed by atoms with Gasteiger partial charge in [-0.2, -0.15) is 5.10 Å². The van der Waals surface area contributed by atoms with Gasteiger partial charge in [-0.15, -0.1) is 0 Å². The second-order valence-electron chi connectivity index (χ2n) is 5.71. The zero-order valence-electron chi connectivity index (χ0n) is 14.8. The lowest BCUT2D eigenvalue weighted by Gasteiger charge is -2.11. The normalized spacial score (nSPS) is 12.3. The Labute approximate surface area is 152 Å². The SMILES string of the molecule is CC[C@H](C)NC(=O)C/C(C)=N\NC(=O)C(=O)Nc1cccc(Cl)c1C. The summed E-state index contributed by atoms with van der Waals surface area (Å²) >= 11 is 5.96. The monoisotopic (exact) mass is 366 g/mol. The second-order valence-corrected chi connectivity index (χ2v) is 6.12. The highest BCUT2D eigenvalue weighted by Crippen LogP contribution is 2.22. The third-order valence-electron chi connectivity index (χ3n) is 3.51. The Balaban J connectivity index is 2.56. The number of halogens is 1. The molecule has 3 N–H and O–H groups in total. The predicted octanol–water partition coefficient (Wildman–Crippen LogP) is 2.38. The van der Waals surface area contributed by atoms with Crippen LogP contribution in [-0.2, 0) is 14.4 Å². The standard InChI is InChI=1S/C17H23ClN4O3/c1-5-10(2)19-15(23)9-11(3)21-22-17(25)16(24)20-14-8-6-7-13(18)12(14)4/h6-8,10H,5,9H2,1-4H3,(H,19,23)(H,20,24)(H,22,25)/b21-11-/t10-/m0/s1. The highest BCUT2D eigenvalue weighted by atomic mass is 35.5. The molecule has 8 heteroatoms. The van der Waals surface area contributed by atoms with Crippen molar-refractivity contribution in [2.75, 3.05) is 5.32 Å². The molecule has 0 heterocycles. The van der Waals surface area contributed by atoms with Crippen LogP contribution in [0.3, 0.4) is 0 Å². The smallest absolute Gasteiger partial charge is 0.329 e. The number of hydrogen-bond acceptors (Lipinski definition) is 4. The summed E-state index contributed by atoms with van der Waals surface area (Å²) in [5.74, 6) is -1.99. The first-order valence-corrected chi connectivity index (χ1v) is 8.31. The minimum atomic E-state index is -0.930. The van der Waals surface area contributed by atoms with Crippen LogP contribution in [0.15, 0.2) is 23.3 Å². The van der Waals surface area contributed by atoms with E-state index in [9.17, 15) is 14.4 Å². The maximum Gasteiger partial charge on any atom is 0.329 e. The van der Waals surface area contributed by atoms with Crippen molar-refractivity contribution in [3.63, 3.8) is 0 Å². The van der Waals surface area contributed by atoms with E-state index in [0.29, 0.717) is 22.0 Å². The van der Waals surface area contributed by atoms with E-state index in [1.807, 2.05) is 13.8 Å². The fourth-order valence-corrected chi connectivity index (χ4v) is 1.99. The molecule has 3 amide bonds. The summed E-state index contributed by atoms with van der Waals surface area (Å²) in [6, 6.07) is 5.06. The van der Waals surface area contributed by atoms with Gasteiger partial charge in [-0.3, -0.25) is 14.4 Å². The first-order valence-electron chi connectivity index (χ1n) is 7.93. The van der Waals surface area contributed by atoms with E-state index in [1.165, 1.54) is 0 Å². The zero-order chi connectivity index (χ0) is 19.0. The number of nitrogens with zero attached hydrogens (tertiary/aromatic N) is 1. The molecule has 1 atom stereocenters. The third kappa shape index (κ3) is 6.93. The van der Waals surface area contributed by atoms with Gasteiger partial charge in [0.05, 0.1) is 6.42 Å². The van der Waals surface area contributed by atoms with E-state index in [2.05, 4.69) is 21.2 Å². The molecular formula is C17H23ClN4O3. The van der Waals surface area contributed by atoms with Gasteiger partial charge in [-0.05, 0) is 44.9 Å². The van der Waals surface area contributed by atoms with Crippen molar-refractivity contribution >= 4 is 40.7 Å². The summed E-state index contributed by atoms with van der Waals surface area (Å²) in [6.45, 7) is 7.18. The summed E-state index contributed by atoms with van der Waals surface area (Å²) in [6.07, 6.45) is 0.862. The predicted molar refractivity (Wildman–Crippen MR) is 98.6 cm³/mol. The lowest BCUT2D eigenvalue weighted by molar-refractivity contribution is -0.136. The molecule has 0 aliphatic rings.